The topological polar surface area (TPSA) is 45.6 Å². The maximum atomic E-state index is 13.4. The number of hydrogen-bond donors (Lipinski definition) is 0. The molecule has 0 aliphatic carbocycles. The van der Waals surface area contributed by atoms with Gasteiger partial charge in [0.15, 0.2) is 0 Å². The van der Waals surface area contributed by atoms with E-state index >= 15 is 0 Å². The van der Waals surface area contributed by atoms with E-state index in [1.165, 1.54) is 12.1 Å². The second kappa shape index (κ2) is 7.55. The van der Waals surface area contributed by atoms with Gasteiger partial charge in [-0.25, -0.2) is 4.39 Å². The van der Waals surface area contributed by atoms with Gasteiger partial charge in [0.25, 0.3) is 5.91 Å². The normalized spacial score (nSPS) is 14.6. The highest BCUT2D eigenvalue weighted by molar-refractivity contribution is 5.94. The van der Waals surface area contributed by atoms with Gasteiger partial charge in [0.2, 0.25) is 5.91 Å². The number of benzene rings is 1. The van der Waals surface area contributed by atoms with E-state index in [4.69, 9.17) is 0 Å². The number of carbonyl (C=O) groups excluding carboxylic acids is 2. The average molecular weight is 371 g/mol. The van der Waals surface area contributed by atoms with Crippen molar-refractivity contribution in [3.05, 3.63) is 58.2 Å². The fourth-order valence-corrected chi connectivity index (χ4v) is 3.51. The van der Waals surface area contributed by atoms with Crippen LogP contribution in [0, 0.1) is 26.6 Å². The molecule has 5 nitrogen and oxygen atoms in total. The third-order valence-electron chi connectivity index (χ3n) is 5.55. The van der Waals surface area contributed by atoms with Crippen molar-refractivity contribution in [2.45, 2.75) is 27.2 Å². The van der Waals surface area contributed by atoms with Gasteiger partial charge in [0.05, 0.1) is 6.42 Å². The molecule has 0 bridgehead atoms. The zero-order valence-electron chi connectivity index (χ0n) is 16.4. The van der Waals surface area contributed by atoms with Crippen molar-refractivity contribution in [1.29, 1.82) is 0 Å². The Hall–Kier alpha value is -2.63. The van der Waals surface area contributed by atoms with Crippen molar-refractivity contribution < 1.29 is 14.0 Å². The molecular formula is C21H26FN3O2. The van der Waals surface area contributed by atoms with Gasteiger partial charge < -0.3 is 14.4 Å². The third-order valence-corrected chi connectivity index (χ3v) is 5.55. The van der Waals surface area contributed by atoms with E-state index in [0.29, 0.717) is 43.7 Å². The minimum atomic E-state index is -0.312. The number of aromatic nitrogens is 1. The van der Waals surface area contributed by atoms with Gasteiger partial charge in [-0.15, -0.1) is 0 Å². The molecule has 1 aromatic heterocycles. The molecule has 144 valence electrons. The van der Waals surface area contributed by atoms with Crippen molar-refractivity contribution in [2.24, 2.45) is 7.05 Å². The third kappa shape index (κ3) is 3.89. The van der Waals surface area contributed by atoms with Crippen LogP contribution in [-0.4, -0.2) is 52.4 Å². The van der Waals surface area contributed by atoms with Crippen LogP contribution in [-0.2, 0) is 18.3 Å². The number of aryl methyl sites for hydroxylation is 2. The number of piperazine rings is 1. The van der Waals surface area contributed by atoms with Crippen molar-refractivity contribution in [3.8, 4) is 0 Å². The summed E-state index contributed by atoms with van der Waals surface area (Å²) in [5, 5.41) is 0. The van der Waals surface area contributed by atoms with Crippen LogP contribution in [0.1, 0.15) is 32.9 Å². The van der Waals surface area contributed by atoms with Crippen LogP contribution in [0.3, 0.4) is 0 Å². The lowest BCUT2D eigenvalue weighted by Crippen LogP contribution is -2.51. The Kier molecular flexibility index (Phi) is 5.35. The summed E-state index contributed by atoms with van der Waals surface area (Å²) < 4.78 is 15.5. The zero-order valence-corrected chi connectivity index (χ0v) is 16.4. The smallest absolute Gasteiger partial charge is 0.253 e. The molecule has 1 saturated heterocycles. The standard InChI is InChI=1S/C21H26FN3O2/c1-14-11-17(5-6-19(14)22)21(27)25-9-7-24(8-10-25)20(26)13-18-12-15(2)23(4)16(18)3/h5-6,11-12H,7-10,13H2,1-4H3. The van der Waals surface area contributed by atoms with Crippen molar-refractivity contribution in [1.82, 2.24) is 14.4 Å². The zero-order chi connectivity index (χ0) is 19.7. The fraction of sp³-hybridized carbons (Fsp3) is 0.429. The molecule has 1 aliphatic rings. The van der Waals surface area contributed by atoms with Gasteiger partial charge in [-0.05, 0) is 56.2 Å². The molecule has 0 unspecified atom stereocenters. The second-order valence-electron chi connectivity index (χ2n) is 7.27. The highest BCUT2D eigenvalue weighted by Gasteiger charge is 2.25. The minimum absolute atomic E-state index is 0.0911. The maximum absolute atomic E-state index is 13.4. The number of nitrogens with zero attached hydrogens (tertiary/aromatic N) is 3. The molecule has 2 heterocycles. The Balaban J connectivity index is 1.59. The molecule has 2 aromatic rings. The fourth-order valence-electron chi connectivity index (χ4n) is 3.51. The Morgan fingerprint density at radius 3 is 2.19 bits per heavy atom. The molecular weight excluding hydrogens is 345 g/mol. The second-order valence-corrected chi connectivity index (χ2v) is 7.27. The molecule has 0 atom stereocenters. The molecule has 3 rings (SSSR count). The SMILES string of the molecule is Cc1cc(C(=O)N2CCN(C(=O)Cc3cc(C)n(C)c3C)CC2)ccc1F. The molecule has 0 saturated carbocycles. The van der Waals surface area contributed by atoms with Crippen LogP contribution in [0.15, 0.2) is 24.3 Å². The molecule has 2 amide bonds. The van der Waals surface area contributed by atoms with Crippen LogP contribution in [0.4, 0.5) is 4.39 Å². The molecule has 1 aliphatic heterocycles. The summed E-state index contributed by atoms with van der Waals surface area (Å²) in [6.45, 7) is 7.74. The number of hydrogen-bond acceptors (Lipinski definition) is 2. The summed E-state index contributed by atoms with van der Waals surface area (Å²) in [6, 6.07) is 6.48. The van der Waals surface area contributed by atoms with Crippen LogP contribution in [0.25, 0.3) is 0 Å². The summed E-state index contributed by atoms with van der Waals surface area (Å²) in [5.74, 6) is -0.332. The first-order valence-electron chi connectivity index (χ1n) is 9.23. The van der Waals surface area contributed by atoms with E-state index in [1.807, 2.05) is 25.8 Å². The predicted molar refractivity (Wildman–Crippen MR) is 102 cm³/mol. The lowest BCUT2D eigenvalue weighted by atomic mass is 10.1. The van der Waals surface area contributed by atoms with Crippen LogP contribution >= 0.6 is 0 Å². The summed E-state index contributed by atoms with van der Waals surface area (Å²) in [5.41, 5.74) is 4.26. The van der Waals surface area contributed by atoms with Crippen LogP contribution in [0.2, 0.25) is 0 Å². The van der Waals surface area contributed by atoms with Crippen LogP contribution < -0.4 is 0 Å². The average Bonchev–Trinajstić information content (AvgIpc) is 2.90. The molecule has 1 fully saturated rings. The highest BCUT2D eigenvalue weighted by Crippen LogP contribution is 2.17. The predicted octanol–water partition coefficient (Wildman–Crippen LogP) is 2.62. The largest absolute Gasteiger partial charge is 0.352 e. The summed E-state index contributed by atoms with van der Waals surface area (Å²) in [4.78, 5) is 28.8. The maximum Gasteiger partial charge on any atom is 0.253 e. The number of amides is 2. The molecule has 1 aromatic carbocycles. The minimum Gasteiger partial charge on any atom is -0.352 e. The molecule has 6 heteroatoms. The van der Waals surface area contributed by atoms with E-state index in [-0.39, 0.29) is 17.6 Å². The van der Waals surface area contributed by atoms with Crippen molar-refractivity contribution in [3.63, 3.8) is 0 Å². The first-order chi connectivity index (χ1) is 12.8. The summed E-state index contributed by atoms with van der Waals surface area (Å²) >= 11 is 0. The van der Waals surface area contributed by atoms with Gasteiger partial charge in [0, 0.05) is 50.2 Å². The Morgan fingerprint density at radius 2 is 1.63 bits per heavy atom. The molecule has 0 radical (unpaired) electrons. The quantitative estimate of drug-likeness (QED) is 0.833. The van der Waals surface area contributed by atoms with E-state index in [2.05, 4.69) is 10.6 Å². The van der Waals surface area contributed by atoms with Crippen molar-refractivity contribution in [2.75, 3.05) is 26.2 Å². The highest BCUT2D eigenvalue weighted by atomic mass is 19.1. The lowest BCUT2D eigenvalue weighted by molar-refractivity contribution is -0.131. The summed E-state index contributed by atoms with van der Waals surface area (Å²) in [6.07, 6.45) is 0.388. The van der Waals surface area contributed by atoms with E-state index < -0.39 is 0 Å². The first kappa shape index (κ1) is 19.1. The number of carbonyl (C=O) groups is 2. The molecule has 27 heavy (non-hydrogen) atoms. The van der Waals surface area contributed by atoms with E-state index in [0.717, 1.165) is 17.0 Å². The number of halogens is 1. The lowest BCUT2D eigenvalue weighted by Gasteiger charge is -2.35. The van der Waals surface area contributed by atoms with E-state index in [9.17, 15) is 14.0 Å². The molecule has 0 spiro atoms. The Morgan fingerprint density at radius 1 is 1.00 bits per heavy atom. The Labute approximate surface area is 159 Å². The van der Waals surface area contributed by atoms with Gasteiger partial charge >= 0.3 is 0 Å². The van der Waals surface area contributed by atoms with Crippen LogP contribution in [0.5, 0.6) is 0 Å². The van der Waals surface area contributed by atoms with Gasteiger partial charge in [0.1, 0.15) is 5.82 Å². The first-order valence-corrected chi connectivity index (χ1v) is 9.23. The Bertz CT molecular complexity index is 880. The summed E-state index contributed by atoms with van der Waals surface area (Å²) in [7, 11) is 2.00. The monoisotopic (exact) mass is 371 g/mol. The molecule has 0 N–H and O–H groups in total. The number of rotatable bonds is 3. The van der Waals surface area contributed by atoms with Crippen molar-refractivity contribution >= 4 is 11.8 Å². The van der Waals surface area contributed by atoms with E-state index in [1.54, 1.807) is 17.9 Å². The van der Waals surface area contributed by atoms with Gasteiger partial charge in [-0.2, -0.15) is 0 Å². The van der Waals surface area contributed by atoms with Gasteiger partial charge in [-0.1, -0.05) is 0 Å². The van der Waals surface area contributed by atoms with Gasteiger partial charge in [-0.3, -0.25) is 9.59 Å².